The predicted molar refractivity (Wildman–Crippen MR) is 71.2 cm³/mol. The van der Waals surface area contributed by atoms with Gasteiger partial charge in [-0.15, -0.1) is 0 Å². The molecule has 0 saturated carbocycles. The molecule has 4 nitrogen and oxygen atoms in total. The molecule has 0 aliphatic heterocycles. The van der Waals surface area contributed by atoms with E-state index in [-0.39, 0.29) is 12.1 Å². The molecule has 0 saturated heterocycles. The largest absolute Gasteiger partial charge is 0.444 e. The Balaban J connectivity index is 4.40. The zero-order chi connectivity index (χ0) is 13.5. The number of carbonyl (C=O) groups excluding carboxylic acids is 1. The summed E-state index contributed by atoms with van der Waals surface area (Å²) in [6.45, 7) is 11.5. The maximum atomic E-state index is 12.0. The smallest absolute Gasteiger partial charge is 0.410 e. The van der Waals surface area contributed by atoms with Crippen LogP contribution >= 0.6 is 0 Å². The van der Waals surface area contributed by atoms with Gasteiger partial charge in [0.25, 0.3) is 0 Å². The molecule has 0 heterocycles. The van der Waals surface area contributed by atoms with Crippen LogP contribution in [0.2, 0.25) is 0 Å². The van der Waals surface area contributed by atoms with Crippen LogP contribution in [0.25, 0.3) is 0 Å². The van der Waals surface area contributed by atoms with Gasteiger partial charge in [-0.05, 0) is 54.1 Å². The summed E-state index contributed by atoms with van der Waals surface area (Å²) in [6, 6.07) is 0.224. The highest BCUT2D eigenvalue weighted by atomic mass is 16.6. The fourth-order valence-electron chi connectivity index (χ4n) is 1.46. The van der Waals surface area contributed by atoms with E-state index in [0.717, 1.165) is 25.9 Å². The van der Waals surface area contributed by atoms with Gasteiger partial charge in [0, 0.05) is 12.6 Å². The van der Waals surface area contributed by atoms with Gasteiger partial charge >= 0.3 is 6.09 Å². The van der Waals surface area contributed by atoms with Crippen LogP contribution in [0.5, 0.6) is 0 Å². The van der Waals surface area contributed by atoms with Crippen molar-refractivity contribution >= 4 is 6.09 Å². The van der Waals surface area contributed by atoms with Crippen LogP contribution < -0.4 is 5.32 Å². The third-order valence-corrected chi connectivity index (χ3v) is 2.58. The molecule has 1 atom stereocenters. The Morgan fingerprint density at radius 3 is 2.41 bits per heavy atom. The van der Waals surface area contributed by atoms with Crippen LogP contribution in [-0.2, 0) is 4.74 Å². The molecule has 0 bridgehead atoms. The Kier molecular flexibility index (Phi) is 7.19. The lowest BCUT2D eigenvalue weighted by Crippen LogP contribution is -2.43. The molecule has 1 unspecified atom stereocenters. The summed E-state index contributed by atoms with van der Waals surface area (Å²) >= 11 is 0. The van der Waals surface area contributed by atoms with E-state index in [4.69, 9.17) is 4.74 Å². The highest BCUT2D eigenvalue weighted by Gasteiger charge is 2.24. The SMILES string of the molecule is CCC(C)N(CCCNC)C(=O)OC(C)(C)C. The third kappa shape index (κ3) is 7.21. The molecule has 0 aromatic rings. The van der Waals surface area contributed by atoms with Crippen molar-refractivity contribution in [3.8, 4) is 0 Å². The van der Waals surface area contributed by atoms with Gasteiger partial charge in [0.2, 0.25) is 0 Å². The maximum absolute atomic E-state index is 12.0. The molecule has 102 valence electrons. The molecule has 0 aromatic heterocycles. The number of nitrogens with zero attached hydrogens (tertiary/aromatic N) is 1. The highest BCUT2D eigenvalue weighted by molar-refractivity contribution is 5.68. The first-order valence-corrected chi connectivity index (χ1v) is 6.46. The molecule has 0 fully saturated rings. The maximum Gasteiger partial charge on any atom is 0.410 e. The zero-order valence-corrected chi connectivity index (χ0v) is 12.2. The second-order valence-electron chi connectivity index (χ2n) is 5.39. The monoisotopic (exact) mass is 244 g/mol. The van der Waals surface area contributed by atoms with Crippen LogP contribution in [0.1, 0.15) is 47.5 Å². The van der Waals surface area contributed by atoms with Crippen molar-refractivity contribution in [3.63, 3.8) is 0 Å². The summed E-state index contributed by atoms with van der Waals surface area (Å²) in [6.07, 6.45) is 1.68. The number of hydrogen-bond donors (Lipinski definition) is 1. The predicted octanol–water partition coefficient (Wildman–Crippen LogP) is 2.63. The first kappa shape index (κ1) is 16.2. The van der Waals surface area contributed by atoms with E-state index in [1.165, 1.54) is 0 Å². The summed E-state index contributed by atoms with van der Waals surface area (Å²) in [7, 11) is 1.92. The van der Waals surface area contributed by atoms with E-state index in [9.17, 15) is 4.79 Å². The fraction of sp³-hybridized carbons (Fsp3) is 0.923. The Bertz CT molecular complexity index is 224. The van der Waals surface area contributed by atoms with Crippen molar-refractivity contribution in [2.75, 3.05) is 20.1 Å². The summed E-state index contributed by atoms with van der Waals surface area (Å²) in [5.74, 6) is 0. The van der Waals surface area contributed by atoms with Crippen molar-refractivity contribution in [1.29, 1.82) is 0 Å². The van der Waals surface area contributed by atoms with Crippen LogP contribution in [0.15, 0.2) is 0 Å². The average Bonchev–Trinajstić information content (AvgIpc) is 2.20. The van der Waals surface area contributed by atoms with Crippen molar-refractivity contribution in [2.24, 2.45) is 0 Å². The normalized spacial score (nSPS) is 13.3. The first-order valence-electron chi connectivity index (χ1n) is 6.46. The molecule has 0 aliphatic rings. The minimum atomic E-state index is -0.425. The Morgan fingerprint density at radius 1 is 1.41 bits per heavy atom. The lowest BCUT2D eigenvalue weighted by atomic mass is 10.2. The van der Waals surface area contributed by atoms with Gasteiger partial charge in [-0.2, -0.15) is 0 Å². The highest BCUT2D eigenvalue weighted by Crippen LogP contribution is 2.13. The molecule has 0 aromatic carbocycles. The Labute approximate surface area is 106 Å². The average molecular weight is 244 g/mol. The first-order chi connectivity index (χ1) is 7.81. The van der Waals surface area contributed by atoms with Crippen molar-refractivity contribution in [1.82, 2.24) is 10.2 Å². The number of nitrogens with one attached hydrogen (secondary N) is 1. The van der Waals surface area contributed by atoms with Gasteiger partial charge < -0.3 is 15.0 Å². The summed E-state index contributed by atoms with van der Waals surface area (Å²) < 4.78 is 5.42. The molecule has 4 heteroatoms. The van der Waals surface area contributed by atoms with E-state index in [1.807, 2.05) is 32.7 Å². The lowest BCUT2D eigenvalue weighted by molar-refractivity contribution is 0.0170. The molecular weight excluding hydrogens is 216 g/mol. The van der Waals surface area contributed by atoms with Crippen LogP contribution in [0.4, 0.5) is 4.79 Å². The molecular formula is C13H28N2O2. The van der Waals surface area contributed by atoms with E-state index in [2.05, 4.69) is 19.2 Å². The van der Waals surface area contributed by atoms with E-state index in [0.29, 0.717) is 0 Å². The second kappa shape index (κ2) is 7.54. The standard InChI is InChI=1S/C13H28N2O2/c1-7-11(2)15(10-8-9-14-6)12(16)17-13(3,4)5/h11,14H,7-10H2,1-6H3. The summed E-state index contributed by atoms with van der Waals surface area (Å²) in [4.78, 5) is 13.9. The minimum absolute atomic E-state index is 0.206. The van der Waals surface area contributed by atoms with Gasteiger partial charge in [0.1, 0.15) is 5.60 Å². The lowest BCUT2D eigenvalue weighted by Gasteiger charge is -2.31. The number of carbonyl (C=O) groups is 1. The van der Waals surface area contributed by atoms with Crippen molar-refractivity contribution in [2.45, 2.75) is 59.1 Å². The molecule has 1 amide bonds. The van der Waals surface area contributed by atoms with Crippen molar-refractivity contribution in [3.05, 3.63) is 0 Å². The quantitative estimate of drug-likeness (QED) is 0.730. The van der Waals surface area contributed by atoms with E-state index < -0.39 is 5.60 Å². The van der Waals surface area contributed by atoms with Crippen LogP contribution in [0.3, 0.4) is 0 Å². The Morgan fingerprint density at radius 2 is 2.00 bits per heavy atom. The second-order valence-corrected chi connectivity index (χ2v) is 5.39. The molecule has 17 heavy (non-hydrogen) atoms. The topological polar surface area (TPSA) is 41.6 Å². The van der Waals surface area contributed by atoms with Gasteiger partial charge in [-0.1, -0.05) is 6.92 Å². The number of rotatable bonds is 6. The fourth-order valence-corrected chi connectivity index (χ4v) is 1.46. The minimum Gasteiger partial charge on any atom is -0.444 e. The Hall–Kier alpha value is -0.770. The number of hydrogen-bond acceptors (Lipinski definition) is 3. The summed E-state index contributed by atoms with van der Waals surface area (Å²) in [5, 5.41) is 3.09. The van der Waals surface area contributed by atoms with Crippen molar-refractivity contribution < 1.29 is 9.53 Å². The van der Waals surface area contributed by atoms with Crippen LogP contribution in [0, 0.1) is 0 Å². The molecule has 0 rings (SSSR count). The van der Waals surface area contributed by atoms with Gasteiger partial charge in [-0.3, -0.25) is 0 Å². The number of ether oxygens (including phenoxy) is 1. The van der Waals surface area contributed by atoms with Gasteiger partial charge in [-0.25, -0.2) is 4.79 Å². The zero-order valence-electron chi connectivity index (χ0n) is 12.2. The molecule has 0 spiro atoms. The molecule has 1 N–H and O–H groups in total. The molecule has 0 radical (unpaired) electrons. The van der Waals surface area contributed by atoms with Gasteiger partial charge in [0.15, 0.2) is 0 Å². The number of amides is 1. The van der Waals surface area contributed by atoms with E-state index in [1.54, 1.807) is 0 Å². The van der Waals surface area contributed by atoms with Gasteiger partial charge in [0.05, 0.1) is 0 Å². The summed E-state index contributed by atoms with van der Waals surface area (Å²) in [5.41, 5.74) is -0.425. The third-order valence-electron chi connectivity index (χ3n) is 2.58. The van der Waals surface area contributed by atoms with E-state index >= 15 is 0 Å². The molecule has 0 aliphatic carbocycles. The van der Waals surface area contributed by atoms with Crippen LogP contribution in [-0.4, -0.2) is 42.8 Å².